The van der Waals surface area contributed by atoms with Gasteiger partial charge in [0.1, 0.15) is 6.04 Å². The van der Waals surface area contributed by atoms with Gasteiger partial charge < -0.3 is 15.8 Å². The number of nitrogens with one attached hydrogen (secondary N) is 1. The second kappa shape index (κ2) is 8.65. The van der Waals surface area contributed by atoms with Crippen molar-refractivity contribution in [1.82, 2.24) is 5.32 Å². The van der Waals surface area contributed by atoms with Crippen LogP contribution in [0.15, 0.2) is 24.3 Å². The molecule has 0 saturated carbocycles. The van der Waals surface area contributed by atoms with Gasteiger partial charge in [-0.3, -0.25) is 14.4 Å². The van der Waals surface area contributed by atoms with Crippen molar-refractivity contribution >= 4 is 17.8 Å². The van der Waals surface area contributed by atoms with Crippen LogP contribution in [0.4, 0.5) is 0 Å². The average Bonchev–Trinajstić information content (AvgIpc) is 2.53. The van der Waals surface area contributed by atoms with Crippen LogP contribution in [0, 0.1) is 5.92 Å². The van der Waals surface area contributed by atoms with Crippen LogP contribution in [0.2, 0.25) is 0 Å². The molecule has 1 aromatic rings. The second-order valence-electron chi connectivity index (χ2n) is 7.14. The highest BCUT2D eigenvalue weighted by molar-refractivity contribution is 5.97. The van der Waals surface area contributed by atoms with Crippen LogP contribution >= 0.6 is 0 Å². The Morgan fingerprint density at radius 3 is 2.16 bits per heavy atom. The summed E-state index contributed by atoms with van der Waals surface area (Å²) in [6, 6.07) is 6.25. The Balaban J connectivity index is 2.79. The zero-order valence-corrected chi connectivity index (χ0v) is 15.6. The van der Waals surface area contributed by atoms with Crippen LogP contribution < -0.4 is 11.1 Å². The Hall–Kier alpha value is -2.37. The Bertz CT molecular complexity index is 617. The van der Waals surface area contributed by atoms with Crippen molar-refractivity contribution in [2.45, 2.75) is 52.5 Å². The Morgan fingerprint density at radius 1 is 1.16 bits per heavy atom. The fraction of sp³-hybridized carbons (Fsp3) is 0.526. The quantitative estimate of drug-likeness (QED) is 0.738. The molecule has 2 atom stereocenters. The average molecular weight is 348 g/mol. The van der Waals surface area contributed by atoms with E-state index in [1.54, 1.807) is 26.0 Å². The molecule has 0 unspecified atom stereocenters. The first kappa shape index (κ1) is 20.7. The van der Waals surface area contributed by atoms with Gasteiger partial charge in [-0.15, -0.1) is 0 Å². The first-order chi connectivity index (χ1) is 11.6. The number of primary amides is 1. The maximum atomic E-state index is 12.4. The van der Waals surface area contributed by atoms with Crippen molar-refractivity contribution in [2.24, 2.45) is 11.7 Å². The van der Waals surface area contributed by atoms with E-state index in [0.29, 0.717) is 5.56 Å². The van der Waals surface area contributed by atoms with Crippen molar-refractivity contribution in [1.29, 1.82) is 0 Å². The van der Waals surface area contributed by atoms with Gasteiger partial charge in [-0.05, 0) is 36.5 Å². The summed E-state index contributed by atoms with van der Waals surface area (Å²) < 4.78 is 4.92. The molecule has 0 aliphatic heterocycles. The van der Waals surface area contributed by atoms with Crippen LogP contribution in [0.3, 0.4) is 0 Å². The van der Waals surface area contributed by atoms with Gasteiger partial charge in [0.25, 0.3) is 5.91 Å². The summed E-state index contributed by atoms with van der Waals surface area (Å²) in [5.74, 6) is -2.05. The van der Waals surface area contributed by atoms with Crippen molar-refractivity contribution in [3.63, 3.8) is 0 Å². The molecule has 0 spiro atoms. The second-order valence-corrected chi connectivity index (χ2v) is 7.14. The van der Waals surface area contributed by atoms with Gasteiger partial charge in [0, 0.05) is 5.56 Å². The van der Waals surface area contributed by atoms with Gasteiger partial charge in [-0.25, -0.2) is 0 Å². The highest BCUT2D eigenvalue weighted by Gasteiger charge is 2.25. The normalized spacial score (nSPS) is 13.6. The topological polar surface area (TPSA) is 98.5 Å². The lowest BCUT2D eigenvalue weighted by atomic mass is 9.86. The van der Waals surface area contributed by atoms with Crippen LogP contribution in [-0.2, 0) is 19.7 Å². The summed E-state index contributed by atoms with van der Waals surface area (Å²) in [7, 11) is 0. The van der Waals surface area contributed by atoms with E-state index in [1.807, 2.05) is 12.1 Å². The zero-order valence-electron chi connectivity index (χ0n) is 15.6. The Labute approximate surface area is 149 Å². The van der Waals surface area contributed by atoms with E-state index >= 15 is 0 Å². The van der Waals surface area contributed by atoms with E-state index in [1.165, 1.54) is 0 Å². The summed E-state index contributed by atoms with van der Waals surface area (Å²) in [5, 5.41) is 2.60. The standard InChI is InChI=1S/C19H28N2O4/c1-6-25-18(24)12(2)11-15(16(20)22)21-17(23)13-7-9-14(10-8-13)19(3,4)5/h7-10,12,15H,6,11H2,1-5H3,(H2,20,22)(H,21,23)/t12-,15+/m1/s1. The molecule has 3 N–H and O–H groups in total. The number of carbonyl (C=O) groups is 3. The molecule has 6 heteroatoms. The minimum Gasteiger partial charge on any atom is -0.466 e. The predicted molar refractivity (Wildman–Crippen MR) is 96.0 cm³/mol. The molecule has 0 heterocycles. The molecule has 0 saturated heterocycles. The third kappa shape index (κ3) is 6.21. The Kier molecular flexibility index (Phi) is 7.15. The molecular weight excluding hydrogens is 320 g/mol. The number of hydrogen-bond donors (Lipinski definition) is 2. The van der Waals surface area contributed by atoms with E-state index in [0.717, 1.165) is 5.56 Å². The van der Waals surface area contributed by atoms with E-state index < -0.39 is 29.7 Å². The molecular formula is C19H28N2O4. The number of esters is 1. The van der Waals surface area contributed by atoms with E-state index in [-0.39, 0.29) is 18.4 Å². The monoisotopic (exact) mass is 348 g/mol. The molecule has 25 heavy (non-hydrogen) atoms. The van der Waals surface area contributed by atoms with Gasteiger partial charge in [0.05, 0.1) is 12.5 Å². The van der Waals surface area contributed by atoms with Crippen molar-refractivity contribution in [3.05, 3.63) is 35.4 Å². The van der Waals surface area contributed by atoms with Crippen LogP contribution in [0.5, 0.6) is 0 Å². The third-order valence-corrected chi connectivity index (χ3v) is 3.94. The number of nitrogens with two attached hydrogens (primary N) is 1. The van der Waals surface area contributed by atoms with E-state index in [2.05, 4.69) is 26.1 Å². The van der Waals surface area contributed by atoms with Crippen LogP contribution in [-0.4, -0.2) is 30.4 Å². The molecule has 0 fully saturated rings. The lowest BCUT2D eigenvalue weighted by Gasteiger charge is -2.20. The number of carbonyl (C=O) groups excluding carboxylic acids is 3. The summed E-state index contributed by atoms with van der Waals surface area (Å²) in [6.07, 6.45) is 0.0972. The van der Waals surface area contributed by atoms with Crippen molar-refractivity contribution in [2.75, 3.05) is 6.61 Å². The van der Waals surface area contributed by atoms with E-state index in [4.69, 9.17) is 10.5 Å². The molecule has 0 aromatic heterocycles. The molecule has 0 aliphatic rings. The number of rotatable bonds is 7. The maximum Gasteiger partial charge on any atom is 0.308 e. The summed E-state index contributed by atoms with van der Waals surface area (Å²) in [4.78, 5) is 35.7. The molecule has 6 nitrogen and oxygen atoms in total. The van der Waals surface area contributed by atoms with Gasteiger partial charge in [-0.2, -0.15) is 0 Å². The van der Waals surface area contributed by atoms with Crippen molar-refractivity contribution in [3.8, 4) is 0 Å². The number of hydrogen-bond acceptors (Lipinski definition) is 4. The maximum absolute atomic E-state index is 12.4. The minimum absolute atomic E-state index is 0.0141. The smallest absolute Gasteiger partial charge is 0.308 e. The predicted octanol–water partition coefficient (Wildman–Crippen LogP) is 2.16. The molecule has 2 amide bonds. The Morgan fingerprint density at radius 2 is 1.72 bits per heavy atom. The number of benzene rings is 1. The van der Waals surface area contributed by atoms with Crippen molar-refractivity contribution < 1.29 is 19.1 Å². The van der Waals surface area contributed by atoms with Gasteiger partial charge in [-0.1, -0.05) is 39.8 Å². The largest absolute Gasteiger partial charge is 0.466 e. The summed E-state index contributed by atoms with van der Waals surface area (Å²) in [5.41, 5.74) is 6.88. The number of amides is 2. The molecule has 0 radical (unpaired) electrons. The van der Waals surface area contributed by atoms with Crippen LogP contribution in [0.25, 0.3) is 0 Å². The van der Waals surface area contributed by atoms with Gasteiger partial charge in [0.2, 0.25) is 5.91 Å². The first-order valence-corrected chi connectivity index (χ1v) is 8.43. The zero-order chi connectivity index (χ0) is 19.2. The number of ether oxygens (including phenoxy) is 1. The first-order valence-electron chi connectivity index (χ1n) is 8.43. The molecule has 0 aliphatic carbocycles. The van der Waals surface area contributed by atoms with Gasteiger partial charge in [0.15, 0.2) is 0 Å². The SMILES string of the molecule is CCOC(=O)[C@H](C)C[C@H](NC(=O)c1ccc(C(C)(C)C)cc1)C(N)=O. The highest BCUT2D eigenvalue weighted by Crippen LogP contribution is 2.22. The molecule has 1 aromatic carbocycles. The minimum atomic E-state index is -0.936. The fourth-order valence-electron chi connectivity index (χ4n) is 2.34. The molecule has 138 valence electrons. The molecule has 1 rings (SSSR count). The fourth-order valence-corrected chi connectivity index (χ4v) is 2.34. The van der Waals surface area contributed by atoms with Gasteiger partial charge >= 0.3 is 5.97 Å². The third-order valence-electron chi connectivity index (χ3n) is 3.94. The highest BCUT2D eigenvalue weighted by atomic mass is 16.5. The van der Waals surface area contributed by atoms with E-state index in [9.17, 15) is 14.4 Å². The lowest BCUT2D eigenvalue weighted by Crippen LogP contribution is -2.46. The van der Waals surface area contributed by atoms with Crippen LogP contribution in [0.1, 0.15) is 57.0 Å². The summed E-state index contributed by atoms with van der Waals surface area (Å²) in [6.45, 7) is 9.86. The summed E-state index contributed by atoms with van der Waals surface area (Å²) >= 11 is 0. The lowest BCUT2D eigenvalue weighted by molar-refractivity contribution is -0.147. The molecule has 0 bridgehead atoms.